The van der Waals surface area contributed by atoms with E-state index in [0.29, 0.717) is 41.0 Å². The van der Waals surface area contributed by atoms with Crippen molar-refractivity contribution in [3.05, 3.63) is 28.5 Å². The summed E-state index contributed by atoms with van der Waals surface area (Å²) in [4.78, 5) is 22.8. The zero-order valence-corrected chi connectivity index (χ0v) is 23.6. The van der Waals surface area contributed by atoms with Crippen molar-refractivity contribution < 1.29 is 9.13 Å². The molecule has 2 bridgehead atoms. The molecule has 9 nitrogen and oxygen atoms in total. The second kappa shape index (κ2) is 9.34. The predicted octanol–water partition coefficient (Wildman–Crippen LogP) is 4.62. The molecule has 0 spiro atoms. The Hall–Kier alpha value is -2.86. The third-order valence-corrected chi connectivity index (χ3v) is 10.4. The summed E-state index contributed by atoms with van der Waals surface area (Å²) in [5, 5.41) is 6.39. The number of fused-ring (bicyclic) bond motifs is 5. The molecule has 4 aliphatic heterocycles. The molecule has 4 fully saturated rings. The summed E-state index contributed by atoms with van der Waals surface area (Å²) in [5.74, 6) is 0.303. The van der Waals surface area contributed by atoms with Crippen LogP contribution in [0.5, 0.6) is 6.01 Å². The maximum Gasteiger partial charge on any atom is 0.319 e. The number of benzene rings is 1. The van der Waals surface area contributed by atoms with Crippen LogP contribution in [0.3, 0.4) is 0 Å². The van der Waals surface area contributed by atoms with Gasteiger partial charge >= 0.3 is 6.01 Å². The van der Waals surface area contributed by atoms with Crippen molar-refractivity contribution in [3.8, 4) is 17.1 Å². The highest BCUT2D eigenvalue weighted by molar-refractivity contribution is 7.17. The van der Waals surface area contributed by atoms with E-state index in [-0.39, 0.29) is 33.6 Å². The van der Waals surface area contributed by atoms with Crippen LogP contribution in [0.4, 0.5) is 16.2 Å². The van der Waals surface area contributed by atoms with Crippen LogP contribution >= 0.6 is 22.9 Å². The number of anilines is 2. The molecule has 0 radical (unpaired) electrons. The molecule has 7 heterocycles. The standard InChI is InChI=1S/C28H30ClFN8OS/c29-19-9-17-24(22(30)21(19)18-13-40-20-10-32-26(31)34-23(18)20)35-27(39-14-28-5-1-7-38(28)8-2-6-28)36-25(17)37-11-15-3-4-16(12-37)33-15/h9-10,13,15-16,33H,1-8,11-12,14H2,(H2,31,32,34). The van der Waals surface area contributed by atoms with Gasteiger partial charge in [-0.2, -0.15) is 9.97 Å². The lowest BCUT2D eigenvalue weighted by Crippen LogP contribution is -2.51. The first-order valence-corrected chi connectivity index (χ1v) is 15.3. The molecule has 2 atom stereocenters. The predicted molar refractivity (Wildman–Crippen MR) is 156 cm³/mol. The number of piperazine rings is 1. The first kappa shape index (κ1) is 24.9. The maximum absolute atomic E-state index is 16.6. The minimum atomic E-state index is -0.507. The summed E-state index contributed by atoms with van der Waals surface area (Å²) in [6.07, 6.45) is 8.48. The monoisotopic (exact) mass is 580 g/mol. The molecule has 3 aromatic heterocycles. The van der Waals surface area contributed by atoms with Crippen molar-refractivity contribution in [3.63, 3.8) is 0 Å². The van der Waals surface area contributed by atoms with Crippen LogP contribution in [-0.2, 0) is 0 Å². The Morgan fingerprint density at radius 2 is 1.90 bits per heavy atom. The molecule has 2 unspecified atom stereocenters. The van der Waals surface area contributed by atoms with E-state index in [1.54, 1.807) is 12.3 Å². The van der Waals surface area contributed by atoms with Crippen LogP contribution < -0.4 is 20.7 Å². The summed E-state index contributed by atoms with van der Waals surface area (Å²) in [6.45, 7) is 4.32. The van der Waals surface area contributed by atoms with Gasteiger partial charge < -0.3 is 20.7 Å². The number of nitrogens with two attached hydrogens (primary N) is 1. The molecule has 0 saturated carbocycles. The highest BCUT2D eigenvalue weighted by atomic mass is 35.5. The molecule has 0 amide bonds. The van der Waals surface area contributed by atoms with E-state index in [1.807, 2.05) is 5.38 Å². The normalized spacial score (nSPS) is 23.9. The quantitative estimate of drug-likeness (QED) is 0.350. The Labute approximate surface area is 239 Å². The molecule has 4 saturated heterocycles. The smallest absolute Gasteiger partial charge is 0.319 e. The first-order chi connectivity index (χ1) is 19.5. The third-order valence-electron chi connectivity index (χ3n) is 9.24. The lowest BCUT2D eigenvalue weighted by Gasteiger charge is -2.35. The molecular formula is C28H30ClFN8OS. The number of rotatable bonds is 5. The van der Waals surface area contributed by atoms with Crippen molar-refractivity contribution in [1.29, 1.82) is 0 Å². The number of halogens is 2. The van der Waals surface area contributed by atoms with Gasteiger partial charge in [-0.25, -0.2) is 14.4 Å². The fourth-order valence-corrected chi connectivity index (χ4v) is 8.51. The van der Waals surface area contributed by atoms with E-state index in [9.17, 15) is 0 Å². The van der Waals surface area contributed by atoms with Gasteiger partial charge in [0.2, 0.25) is 5.95 Å². The van der Waals surface area contributed by atoms with Crippen molar-refractivity contribution in [1.82, 2.24) is 30.2 Å². The molecule has 1 aromatic carbocycles. The van der Waals surface area contributed by atoms with Crippen molar-refractivity contribution in [2.45, 2.75) is 56.1 Å². The summed E-state index contributed by atoms with van der Waals surface area (Å²) in [7, 11) is 0. The number of nitrogen functional groups attached to an aromatic ring is 1. The summed E-state index contributed by atoms with van der Waals surface area (Å²) in [6, 6.07) is 2.79. The second-order valence-corrected chi connectivity index (χ2v) is 12.9. The van der Waals surface area contributed by atoms with Crippen LogP contribution in [0.1, 0.15) is 38.5 Å². The van der Waals surface area contributed by atoms with Gasteiger partial charge in [-0.05, 0) is 57.7 Å². The van der Waals surface area contributed by atoms with Gasteiger partial charge in [-0.1, -0.05) is 11.6 Å². The van der Waals surface area contributed by atoms with E-state index in [4.69, 9.17) is 27.1 Å². The minimum absolute atomic E-state index is 0.0333. The van der Waals surface area contributed by atoms with Crippen LogP contribution in [0, 0.1) is 5.82 Å². The molecule has 40 heavy (non-hydrogen) atoms. The molecule has 208 valence electrons. The maximum atomic E-state index is 16.6. The highest BCUT2D eigenvalue weighted by Gasteiger charge is 2.45. The van der Waals surface area contributed by atoms with Gasteiger partial charge in [0.1, 0.15) is 17.9 Å². The van der Waals surface area contributed by atoms with Crippen molar-refractivity contribution in [2.75, 3.05) is 43.4 Å². The lowest BCUT2D eigenvalue weighted by molar-refractivity contribution is 0.108. The van der Waals surface area contributed by atoms with Gasteiger partial charge in [0.25, 0.3) is 0 Å². The molecule has 3 N–H and O–H groups in total. The lowest BCUT2D eigenvalue weighted by atomic mass is 9.95. The van der Waals surface area contributed by atoms with Crippen molar-refractivity contribution >= 4 is 55.8 Å². The fourth-order valence-electron chi connectivity index (χ4n) is 7.36. The van der Waals surface area contributed by atoms with Gasteiger partial charge in [0.05, 0.1) is 27.0 Å². The number of aromatic nitrogens is 4. The van der Waals surface area contributed by atoms with Crippen LogP contribution in [0.15, 0.2) is 17.6 Å². The van der Waals surface area contributed by atoms with Gasteiger partial charge in [0.15, 0.2) is 5.82 Å². The number of ether oxygens (including phenoxy) is 1. The number of hydrogen-bond donors (Lipinski definition) is 2. The number of nitrogens with one attached hydrogen (secondary N) is 1. The largest absolute Gasteiger partial charge is 0.461 e. The van der Waals surface area contributed by atoms with Gasteiger partial charge in [0, 0.05) is 47.1 Å². The molecule has 4 aromatic rings. The molecule has 12 heteroatoms. The molecule has 8 rings (SSSR count). The van der Waals surface area contributed by atoms with Crippen LogP contribution in [0.2, 0.25) is 5.02 Å². The van der Waals surface area contributed by atoms with Gasteiger partial charge in [-0.3, -0.25) is 4.90 Å². The summed E-state index contributed by atoms with van der Waals surface area (Å²) in [5.41, 5.74) is 7.52. The number of thiophene rings is 1. The van der Waals surface area contributed by atoms with Crippen molar-refractivity contribution in [2.24, 2.45) is 0 Å². The Morgan fingerprint density at radius 3 is 2.67 bits per heavy atom. The molecule has 0 aliphatic carbocycles. The van der Waals surface area contributed by atoms with E-state index < -0.39 is 5.82 Å². The van der Waals surface area contributed by atoms with E-state index in [1.165, 1.54) is 24.2 Å². The highest BCUT2D eigenvalue weighted by Crippen LogP contribution is 2.43. The zero-order valence-electron chi connectivity index (χ0n) is 22.0. The summed E-state index contributed by atoms with van der Waals surface area (Å²) >= 11 is 8.26. The number of nitrogens with zero attached hydrogens (tertiary/aromatic N) is 6. The average Bonchev–Trinajstić information content (AvgIpc) is 3.71. The summed E-state index contributed by atoms with van der Waals surface area (Å²) < 4.78 is 23.8. The third kappa shape index (κ3) is 3.93. The fraction of sp³-hybridized carbons (Fsp3) is 0.500. The minimum Gasteiger partial charge on any atom is -0.461 e. The zero-order chi connectivity index (χ0) is 27.0. The van der Waals surface area contributed by atoms with Crippen LogP contribution in [0.25, 0.3) is 32.2 Å². The second-order valence-electron chi connectivity index (χ2n) is 11.6. The Kier molecular flexibility index (Phi) is 5.81. The molecular weight excluding hydrogens is 551 g/mol. The Bertz CT molecular complexity index is 1630. The average molecular weight is 581 g/mol. The van der Waals surface area contributed by atoms with Crippen LogP contribution in [-0.4, -0.2) is 75.2 Å². The van der Waals surface area contributed by atoms with E-state index >= 15 is 4.39 Å². The van der Waals surface area contributed by atoms with E-state index in [0.717, 1.165) is 56.6 Å². The Balaban J connectivity index is 1.26. The number of hydrogen-bond acceptors (Lipinski definition) is 10. The SMILES string of the molecule is Nc1ncc2scc(-c3c(Cl)cc4c(N5CC6CCC(C5)N6)nc(OCC56CCCN5CCC6)nc4c3F)c2n1. The topological polar surface area (TPSA) is 105 Å². The van der Waals surface area contributed by atoms with Gasteiger partial charge in [-0.15, -0.1) is 11.3 Å². The van der Waals surface area contributed by atoms with E-state index in [2.05, 4.69) is 30.1 Å². The molecule has 4 aliphatic rings. The Morgan fingerprint density at radius 1 is 1.12 bits per heavy atom. The first-order valence-electron chi connectivity index (χ1n) is 14.1.